The number of nitrogens with two attached hydrogens (primary N) is 1. The molecule has 0 aliphatic rings. The van der Waals surface area contributed by atoms with Crippen LogP contribution < -0.4 is 5.73 Å². The molecule has 1 aromatic heterocycles. The standard InChI is InChI=1S/C8H11F2NOS/c1-5-2-3-6(13-5)7(11)8(9,10)4-12/h2-3,7,12H,4,11H2,1H3/t7-/m0/s1. The zero-order valence-electron chi connectivity index (χ0n) is 7.13. The van der Waals surface area contributed by atoms with Crippen molar-refractivity contribution in [2.75, 3.05) is 6.61 Å². The van der Waals surface area contributed by atoms with E-state index in [2.05, 4.69) is 0 Å². The van der Waals surface area contributed by atoms with Crippen molar-refractivity contribution in [2.24, 2.45) is 5.73 Å². The van der Waals surface area contributed by atoms with Crippen molar-refractivity contribution < 1.29 is 13.9 Å². The molecule has 1 heterocycles. The van der Waals surface area contributed by atoms with Gasteiger partial charge in [-0.05, 0) is 19.1 Å². The molecule has 0 aromatic carbocycles. The molecule has 74 valence electrons. The van der Waals surface area contributed by atoms with Gasteiger partial charge in [0.2, 0.25) is 0 Å². The fraction of sp³-hybridized carbons (Fsp3) is 0.500. The molecule has 0 amide bonds. The summed E-state index contributed by atoms with van der Waals surface area (Å²) in [6, 6.07) is 1.89. The van der Waals surface area contributed by atoms with Crippen LogP contribution in [0.15, 0.2) is 12.1 Å². The number of aliphatic hydroxyl groups is 1. The average molecular weight is 207 g/mol. The van der Waals surface area contributed by atoms with Crippen molar-refractivity contribution in [1.29, 1.82) is 0 Å². The molecule has 0 aliphatic carbocycles. The fourth-order valence-electron chi connectivity index (χ4n) is 0.927. The molecule has 0 aliphatic heterocycles. The zero-order chi connectivity index (χ0) is 10.1. The molecular weight excluding hydrogens is 196 g/mol. The Morgan fingerprint density at radius 3 is 2.62 bits per heavy atom. The lowest BCUT2D eigenvalue weighted by Crippen LogP contribution is -2.35. The maximum absolute atomic E-state index is 12.9. The predicted octanol–water partition coefficient (Wildman–Crippen LogP) is 1.68. The number of hydrogen-bond donors (Lipinski definition) is 2. The molecule has 5 heteroatoms. The van der Waals surface area contributed by atoms with E-state index in [0.717, 1.165) is 4.88 Å². The van der Waals surface area contributed by atoms with Crippen LogP contribution in [0.25, 0.3) is 0 Å². The van der Waals surface area contributed by atoms with Crippen LogP contribution >= 0.6 is 11.3 Å². The van der Waals surface area contributed by atoms with Gasteiger partial charge in [0.15, 0.2) is 0 Å². The smallest absolute Gasteiger partial charge is 0.290 e. The maximum atomic E-state index is 12.9. The highest BCUT2D eigenvalue weighted by Crippen LogP contribution is 2.32. The van der Waals surface area contributed by atoms with E-state index < -0.39 is 18.6 Å². The molecule has 1 rings (SSSR count). The second-order valence-electron chi connectivity index (χ2n) is 2.85. The van der Waals surface area contributed by atoms with Crippen molar-refractivity contribution >= 4 is 11.3 Å². The van der Waals surface area contributed by atoms with Crippen LogP contribution in [-0.2, 0) is 0 Å². The number of thiophene rings is 1. The highest BCUT2D eigenvalue weighted by Gasteiger charge is 2.37. The highest BCUT2D eigenvalue weighted by atomic mass is 32.1. The van der Waals surface area contributed by atoms with Gasteiger partial charge >= 0.3 is 0 Å². The molecule has 0 bridgehead atoms. The Labute approximate surface area is 79.0 Å². The zero-order valence-corrected chi connectivity index (χ0v) is 7.94. The third-order valence-corrected chi connectivity index (χ3v) is 2.82. The number of halogens is 2. The molecule has 0 unspecified atom stereocenters. The van der Waals surface area contributed by atoms with Gasteiger partial charge in [0, 0.05) is 9.75 Å². The Balaban J connectivity index is 2.84. The molecule has 0 saturated carbocycles. The van der Waals surface area contributed by atoms with Crippen LogP contribution in [0.1, 0.15) is 15.8 Å². The first kappa shape index (κ1) is 10.6. The van der Waals surface area contributed by atoms with E-state index in [1.165, 1.54) is 11.3 Å². The third-order valence-electron chi connectivity index (χ3n) is 1.73. The van der Waals surface area contributed by atoms with Crippen molar-refractivity contribution in [2.45, 2.75) is 18.9 Å². The van der Waals surface area contributed by atoms with Crippen LogP contribution in [0.3, 0.4) is 0 Å². The first-order valence-corrected chi connectivity index (χ1v) is 4.59. The summed E-state index contributed by atoms with van der Waals surface area (Å²) in [4.78, 5) is 1.33. The van der Waals surface area contributed by atoms with Crippen molar-refractivity contribution in [3.8, 4) is 0 Å². The van der Waals surface area contributed by atoms with Gasteiger partial charge in [-0.25, -0.2) is 8.78 Å². The molecule has 0 saturated heterocycles. The molecule has 3 N–H and O–H groups in total. The summed E-state index contributed by atoms with van der Waals surface area (Å²) in [6.45, 7) is 0.600. The largest absolute Gasteiger partial charge is 0.390 e. The van der Waals surface area contributed by atoms with E-state index >= 15 is 0 Å². The quantitative estimate of drug-likeness (QED) is 0.792. The Morgan fingerprint density at radius 1 is 1.62 bits per heavy atom. The molecule has 2 nitrogen and oxygen atoms in total. The van der Waals surface area contributed by atoms with Gasteiger partial charge in [-0.3, -0.25) is 0 Å². The molecule has 0 fully saturated rings. The number of alkyl halides is 2. The normalized spacial score (nSPS) is 14.5. The number of rotatable bonds is 3. The summed E-state index contributed by atoms with van der Waals surface area (Å²) in [5.41, 5.74) is 5.30. The van der Waals surface area contributed by atoms with E-state index in [1.54, 1.807) is 12.1 Å². The third kappa shape index (κ3) is 2.24. The number of aliphatic hydroxyl groups excluding tert-OH is 1. The summed E-state index contributed by atoms with van der Waals surface area (Å²) in [5.74, 6) is -3.24. The molecule has 13 heavy (non-hydrogen) atoms. The lowest BCUT2D eigenvalue weighted by atomic mass is 10.1. The second kappa shape index (κ2) is 3.69. The highest BCUT2D eigenvalue weighted by molar-refractivity contribution is 7.12. The van der Waals surface area contributed by atoms with E-state index in [9.17, 15) is 8.78 Å². The van der Waals surface area contributed by atoms with E-state index in [0.29, 0.717) is 4.88 Å². The SMILES string of the molecule is Cc1ccc([C@H](N)C(F)(F)CO)s1. The van der Waals surface area contributed by atoms with Crippen LogP contribution in [0, 0.1) is 6.92 Å². The predicted molar refractivity (Wildman–Crippen MR) is 48.0 cm³/mol. The van der Waals surface area contributed by atoms with Gasteiger partial charge in [0.1, 0.15) is 12.6 Å². The minimum atomic E-state index is -3.24. The van der Waals surface area contributed by atoms with E-state index in [1.807, 2.05) is 6.92 Å². The minimum absolute atomic E-state index is 0.400. The second-order valence-corrected chi connectivity index (χ2v) is 4.16. The van der Waals surface area contributed by atoms with Crippen molar-refractivity contribution in [3.63, 3.8) is 0 Å². The van der Waals surface area contributed by atoms with Gasteiger partial charge < -0.3 is 10.8 Å². The Kier molecular flexibility index (Phi) is 3.00. The lowest BCUT2D eigenvalue weighted by Gasteiger charge is -2.19. The van der Waals surface area contributed by atoms with Crippen LogP contribution in [0.5, 0.6) is 0 Å². The first-order valence-electron chi connectivity index (χ1n) is 3.78. The Bertz CT molecular complexity index is 287. The number of hydrogen-bond acceptors (Lipinski definition) is 3. The lowest BCUT2D eigenvalue weighted by molar-refractivity contribution is -0.0703. The minimum Gasteiger partial charge on any atom is -0.390 e. The fourth-order valence-corrected chi connectivity index (χ4v) is 1.87. The van der Waals surface area contributed by atoms with Crippen LogP contribution in [-0.4, -0.2) is 17.6 Å². The van der Waals surface area contributed by atoms with Gasteiger partial charge in [0.25, 0.3) is 5.92 Å². The maximum Gasteiger partial charge on any atom is 0.290 e. The monoisotopic (exact) mass is 207 g/mol. The summed E-state index contributed by atoms with van der Waals surface area (Å²) in [5, 5.41) is 8.41. The molecule has 0 spiro atoms. The Morgan fingerprint density at radius 2 is 2.23 bits per heavy atom. The molecular formula is C8H11F2NOS. The van der Waals surface area contributed by atoms with Crippen molar-refractivity contribution in [3.05, 3.63) is 21.9 Å². The van der Waals surface area contributed by atoms with Gasteiger partial charge in [-0.2, -0.15) is 0 Å². The van der Waals surface area contributed by atoms with Gasteiger partial charge in [0.05, 0.1) is 0 Å². The van der Waals surface area contributed by atoms with Gasteiger partial charge in [-0.15, -0.1) is 11.3 Å². The summed E-state index contributed by atoms with van der Waals surface area (Å²) in [6.07, 6.45) is 0. The molecule has 1 aromatic rings. The van der Waals surface area contributed by atoms with Crippen molar-refractivity contribution in [1.82, 2.24) is 0 Å². The van der Waals surface area contributed by atoms with Crippen LogP contribution in [0.4, 0.5) is 8.78 Å². The summed E-state index contributed by atoms with van der Waals surface area (Å²) < 4.78 is 25.7. The summed E-state index contributed by atoms with van der Waals surface area (Å²) in [7, 11) is 0. The van der Waals surface area contributed by atoms with Crippen LogP contribution in [0.2, 0.25) is 0 Å². The van der Waals surface area contributed by atoms with E-state index in [-0.39, 0.29) is 0 Å². The molecule has 1 atom stereocenters. The summed E-state index contributed by atoms with van der Waals surface area (Å²) >= 11 is 1.22. The molecule has 0 radical (unpaired) electrons. The number of aryl methyl sites for hydroxylation is 1. The first-order chi connectivity index (χ1) is 5.97. The topological polar surface area (TPSA) is 46.2 Å². The van der Waals surface area contributed by atoms with Gasteiger partial charge in [-0.1, -0.05) is 0 Å². The average Bonchev–Trinajstić information content (AvgIpc) is 2.50. The Hall–Kier alpha value is -0.520. The van der Waals surface area contributed by atoms with E-state index in [4.69, 9.17) is 10.8 Å².